The number of ether oxygens (including phenoxy) is 1. The van der Waals surface area contributed by atoms with E-state index >= 15 is 0 Å². The number of halogens is 1. The molecule has 120 valence electrons. The lowest BCUT2D eigenvalue weighted by Crippen LogP contribution is -2.32. The Labute approximate surface area is 135 Å². The van der Waals surface area contributed by atoms with Crippen molar-refractivity contribution in [3.63, 3.8) is 0 Å². The Balaban J connectivity index is 0.00000176. The lowest BCUT2D eigenvalue weighted by molar-refractivity contribution is 0.0691. The van der Waals surface area contributed by atoms with E-state index in [1.807, 2.05) is 18.2 Å². The highest BCUT2D eigenvalue weighted by molar-refractivity contribution is 5.94. The third-order valence-electron chi connectivity index (χ3n) is 4.15. The number of nitrogens with one attached hydrogen (secondary N) is 1. The van der Waals surface area contributed by atoms with Crippen LogP contribution in [-0.4, -0.2) is 47.7 Å². The van der Waals surface area contributed by atoms with Crippen LogP contribution in [0.15, 0.2) is 24.3 Å². The molecule has 1 fully saturated rings. The molecule has 0 radical (unpaired) electrons. The van der Waals surface area contributed by atoms with Crippen LogP contribution in [0.4, 0.5) is 0 Å². The first-order valence-corrected chi connectivity index (χ1v) is 7.29. The number of likely N-dealkylation sites (tertiary alicyclic amines) is 1. The second-order valence-electron chi connectivity index (χ2n) is 5.79. The SMILES string of the molecule is CN1CCC(COc2ccc3[nH]c(C(=O)O)cc3c2)CC1.Cl. The third-order valence-corrected chi connectivity index (χ3v) is 4.15. The van der Waals surface area contributed by atoms with Gasteiger partial charge in [0.15, 0.2) is 0 Å². The van der Waals surface area contributed by atoms with Crippen molar-refractivity contribution in [3.05, 3.63) is 30.0 Å². The molecule has 0 saturated carbocycles. The number of hydrogen-bond acceptors (Lipinski definition) is 3. The van der Waals surface area contributed by atoms with Crippen LogP contribution in [0, 0.1) is 5.92 Å². The second kappa shape index (κ2) is 7.03. The lowest BCUT2D eigenvalue weighted by atomic mass is 9.98. The Morgan fingerprint density at radius 3 is 2.77 bits per heavy atom. The van der Waals surface area contributed by atoms with E-state index in [0.29, 0.717) is 5.92 Å². The number of H-pyrrole nitrogens is 1. The predicted octanol–water partition coefficient (Wildman–Crippen LogP) is 3.01. The number of aromatic carboxylic acids is 1. The zero-order valence-corrected chi connectivity index (χ0v) is 13.4. The monoisotopic (exact) mass is 324 g/mol. The number of hydrogen-bond donors (Lipinski definition) is 2. The average Bonchev–Trinajstić information content (AvgIpc) is 2.90. The highest BCUT2D eigenvalue weighted by Crippen LogP contribution is 2.23. The summed E-state index contributed by atoms with van der Waals surface area (Å²) in [6, 6.07) is 7.29. The van der Waals surface area contributed by atoms with E-state index in [-0.39, 0.29) is 18.1 Å². The molecule has 0 bridgehead atoms. The molecule has 0 aliphatic carbocycles. The minimum Gasteiger partial charge on any atom is -0.493 e. The summed E-state index contributed by atoms with van der Waals surface area (Å²) in [6.45, 7) is 3.00. The predicted molar refractivity (Wildman–Crippen MR) is 88.2 cm³/mol. The van der Waals surface area contributed by atoms with Crippen LogP contribution in [0.3, 0.4) is 0 Å². The van der Waals surface area contributed by atoms with E-state index in [9.17, 15) is 4.79 Å². The molecule has 22 heavy (non-hydrogen) atoms. The van der Waals surface area contributed by atoms with Gasteiger partial charge in [0, 0.05) is 10.9 Å². The van der Waals surface area contributed by atoms with E-state index in [4.69, 9.17) is 9.84 Å². The fourth-order valence-corrected chi connectivity index (χ4v) is 2.76. The molecule has 1 saturated heterocycles. The number of aromatic nitrogens is 1. The van der Waals surface area contributed by atoms with Gasteiger partial charge >= 0.3 is 5.97 Å². The molecule has 5 nitrogen and oxygen atoms in total. The van der Waals surface area contributed by atoms with Crippen molar-refractivity contribution >= 4 is 29.3 Å². The van der Waals surface area contributed by atoms with Gasteiger partial charge in [-0.2, -0.15) is 0 Å². The Bertz CT molecular complexity index is 648. The van der Waals surface area contributed by atoms with Crippen LogP contribution in [0.25, 0.3) is 10.9 Å². The number of nitrogens with zero attached hydrogens (tertiary/aromatic N) is 1. The molecule has 1 aromatic carbocycles. The largest absolute Gasteiger partial charge is 0.493 e. The molecule has 1 aliphatic heterocycles. The molecule has 2 aromatic rings. The molecule has 0 unspecified atom stereocenters. The number of carbonyl (C=O) groups is 1. The standard InChI is InChI=1S/C16H20N2O3.ClH/c1-18-6-4-11(5-7-18)10-21-13-2-3-14-12(8-13)9-15(17-14)16(19)20;/h2-3,8-9,11,17H,4-7,10H2,1H3,(H,19,20);1H. The summed E-state index contributed by atoms with van der Waals surface area (Å²) < 4.78 is 5.88. The van der Waals surface area contributed by atoms with Crippen LogP contribution < -0.4 is 4.74 Å². The van der Waals surface area contributed by atoms with Gasteiger partial charge in [0.05, 0.1) is 6.61 Å². The quantitative estimate of drug-likeness (QED) is 0.907. The molecule has 1 aromatic heterocycles. The Morgan fingerprint density at radius 1 is 1.36 bits per heavy atom. The van der Waals surface area contributed by atoms with Crippen molar-refractivity contribution < 1.29 is 14.6 Å². The molecule has 1 aliphatic rings. The van der Waals surface area contributed by atoms with Gasteiger partial charge in [-0.15, -0.1) is 12.4 Å². The maximum Gasteiger partial charge on any atom is 0.352 e. The summed E-state index contributed by atoms with van der Waals surface area (Å²) in [7, 11) is 2.15. The van der Waals surface area contributed by atoms with Gasteiger partial charge < -0.3 is 19.7 Å². The van der Waals surface area contributed by atoms with Crippen molar-refractivity contribution in [3.8, 4) is 5.75 Å². The summed E-state index contributed by atoms with van der Waals surface area (Å²) in [5.74, 6) is 0.468. The number of benzene rings is 1. The van der Waals surface area contributed by atoms with E-state index in [0.717, 1.165) is 36.3 Å². The van der Waals surface area contributed by atoms with Crippen molar-refractivity contribution in [1.82, 2.24) is 9.88 Å². The van der Waals surface area contributed by atoms with Crippen molar-refractivity contribution in [1.29, 1.82) is 0 Å². The van der Waals surface area contributed by atoms with E-state index < -0.39 is 5.97 Å². The van der Waals surface area contributed by atoms with Crippen molar-refractivity contribution in [2.24, 2.45) is 5.92 Å². The zero-order valence-electron chi connectivity index (χ0n) is 12.5. The molecule has 3 rings (SSSR count). The van der Waals surface area contributed by atoms with Gasteiger partial charge in [0.1, 0.15) is 11.4 Å². The highest BCUT2D eigenvalue weighted by atomic mass is 35.5. The molecular weight excluding hydrogens is 304 g/mol. The number of aromatic amines is 1. The first kappa shape index (κ1) is 16.6. The van der Waals surface area contributed by atoms with Gasteiger partial charge in [0.2, 0.25) is 0 Å². The number of carboxylic acid groups (broad SMARTS) is 1. The summed E-state index contributed by atoms with van der Waals surface area (Å²) in [4.78, 5) is 16.2. The molecule has 2 N–H and O–H groups in total. The summed E-state index contributed by atoms with van der Waals surface area (Å²) >= 11 is 0. The fourth-order valence-electron chi connectivity index (χ4n) is 2.76. The zero-order chi connectivity index (χ0) is 14.8. The Kier molecular flexibility index (Phi) is 5.32. The Morgan fingerprint density at radius 2 is 2.09 bits per heavy atom. The Hall–Kier alpha value is -1.72. The van der Waals surface area contributed by atoms with Crippen LogP contribution in [0.5, 0.6) is 5.75 Å². The third kappa shape index (κ3) is 3.72. The maximum absolute atomic E-state index is 10.9. The van der Waals surface area contributed by atoms with Crippen LogP contribution in [0.1, 0.15) is 23.3 Å². The van der Waals surface area contributed by atoms with Crippen LogP contribution in [-0.2, 0) is 0 Å². The van der Waals surface area contributed by atoms with Gasteiger partial charge in [-0.1, -0.05) is 0 Å². The van der Waals surface area contributed by atoms with Gasteiger partial charge in [0.25, 0.3) is 0 Å². The maximum atomic E-state index is 10.9. The molecule has 6 heteroatoms. The fraction of sp³-hybridized carbons (Fsp3) is 0.438. The van der Waals surface area contributed by atoms with Gasteiger partial charge in [-0.05, 0) is 63.2 Å². The van der Waals surface area contributed by atoms with Crippen molar-refractivity contribution in [2.75, 3.05) is 26.7 Å². The number of piperidine rings is 1. The smallest absolute Gasteiger partial charge is 0.352 e. The minimum absolute atomic E-state index is 0. The van der Waals surface area contributed by atoms with Crippen LogP contribution in [0.2, 0.25) is 0 Å². The van der Waals surface area contributed by atoms with E-state index in [1.54, 1.807) is 6.07 Å². The van der Waals surface area contributed by atoms with Crippen molar-refractivity contribution in [2.45, 2.75) is 12.8 Å². The van der Waals surface area contributed by atoms with E-state index in [2.05, 4.69) is 16.9 Å². The number of fused-ring (bicyclic) bond motifs is 1. The normalized spacial score (nSPS) is 16.4. The average molecular weight is 325 g/mol. The first-order valence-electron chi connectivity index (χ1n) is 7.29. The highest BCUT2D eigenvalue weighted by Gasteiger charge is 2.17. The summed E-state index contributed by atoms with van der Waals surface area (Å²) in [5, 5.41) is 9.85. The van der Waals surface area contributed by atoms with E-state index in [1.165, 1.54) is 12.8 Å². The first-order chi connectivity index (χ1) is 10.1. The van der Waals surface area contributed by atoms with Gasteiger partial charge in [-0.3, -0.25) is 0 Å². The minimum atomic E-state index is -0.944. The van der Waals surface area contributed by atoms with Crippen LogP contribution >= 0.6 is 12.4 Å². The molecule has 0 spiro atoms. The molecule has 0 amide bonds. The second-order valence-corrected chi connectivity index (χ2v) is 5.79. The molecule has 2 heterocycles. The summed E-state index contributed by atoms with van der Waals surface area (Å²) in [6.07, 6.45) is 2.35. The molecular formula is C16H21ClN2O3. The molecule has 0 atom stereocenters. The summed E-state index contributed by atoms with van der Waals surface area (Å²) in [5.41, 5.74) is 1.02. The lowest BCUT2D eigenvalue weighted by Gasteiger charge is -2.28. The topological polar surface area (TPSA) is 65.6 Å². The number of rotatable bonds is 4. The number of carboxylic acids is 1. The van der Waals surface area contributed by atoms with Gasteiger partial charge in [-0.25, -0.2) is 4.79 Å².